The molecule has 134 valence electrons. The fraction of sp³-hybridized carbons (Fsp3) is 0.588. The van der Waals surface area contributed by atoms with E-state index in [9.17, 15) is 13.2 Å². The van der Waals surface area contributed by atoms with Crippen LogP contribution in [0.25, 0.3) is 0 Å². The lowest BCUT2D eigenvalue weighted by atomic mass is 9.63. The van der Waals surface area contributed by atoms with E-state index in [4.69, 9.17) is 4.74 Å². The summed E-state index contributed by atoms with van der Waals surface area (Å²) in [4.78, 5) is 14.7. The van der Waals surface area contributed by atoms with Crippen molar-refractivity contribution in [3.8, 4) is 0 Å². The molecule has 1 fully saturated rings. The molecule has 1 aliphatic rings. The summed E-state index contributed by atoms with van der Waals surface area (Å²) in [7, 11) is -1.60. The molecule has 2 rings (SSSR count). The maximum atomic E-state index is 12.9. The van der Waals surface area contributed by atoms with Gasteiger partial charge in [-0.2, -0.15) is 0 Å². The molecule has 1 aromatic rings. The molecule has 0 heterocycles. The zero-order chi connectivity index (χ0) is 18.3. The van der Waals surface area contributed by atoms with E-state index in [-0.39, 0.29) is 28.4 Å². The highest BCUT2D eigenvalue weighted by Gasteiger charge is 2.51. The maximum Gasteiger partial charge on any atom is 0.255 e. The van der Waals surface area contributed by atoms with Crippen LogP contribution in [0.2, 0.25) is 0 Å². The number of hydrogen-bond donors (Lipinski definition) is 0. The predicted molar refractivity (Wildman–Crippen MR) is 96.9 cm³/mol. The van der Waals surface area contributed by atoms with Crippen LogP contribution in [0.15, 0.2) is 27.6 Å². The van der Waals surface area contributed by atoms with Crippen molar-refractivity contribution in [3.63, 3.8) is 0 Å². The Morgan fingerprint density at radius 2 is 2.04 bits per heavy atom. The van der Waals surface area contributed by atoms with Gasteiger partial charge in [0.05, 0.1) is 16.6 Å². The minimum absolute atomic E-state index is 0.0512. The number of carbonyl (C=O) groups excluding carboxylic acids is 1. The third-order valence-corrected chi connectivity index (χ3v) is 6.68. The van der Waals surface area contributed by atoms with Gasteiger partial charge in [-0.25, -0.2) is 8.42 Å². The standard InChI is InChI=1S/C17H24BrNO4S/c1-6-23-15-10-14(17(15,2)3)19(4)16(20)12-9-11(24(5,21)22)7-8-13(12)18/h7-9,14-15H,6,10H2,1-5H3/t14-,15+/m1/s1. The highest BCUT2D eigenvalue weighted by atomic mass is 79.9. The number of carbonyl (C=O) groups is 1. The average Bonchev–Trinajstić information content (AvgIpc) is 2.49. The second-order valence-corrected chi connectivity index (χ2v) is 9.72. The largest absolute Gasteiger partial charge is 0.378 e. The first-order chi connectivity index (χ1) is 11.0. The molecule has 2 atom stereocenters. The molecule has 7 heteroatoms. The van der Waals surface area contributed by atoms with Gasteiger partial charge in [-0.1, -0.05) is 13.8 Å². The molecule has 1 aliphatic carbocycles. The molecule has 0 aromatic heterocycles. The molecule has 1 amide bonds. The van der Waals surface area contributed by atoms with Crippen LogP contribution < -0.4 is 0 Å². The summed E-state index contributed by atoms with van der Waals surface area (Å²) < 4.78 is 29.8. The molecule has 0 aliphatic heterocycles. The number of benzene rings is 1. The van der Waals surface area contributed by atoms with Crippen LogP contribution >= 0.6 is 15.9 Å². The van der Waals surface area contributed by atoms with Gasteiger partial charge >= 0.3 is 0 Å². The van der Waals surface area contributed by atoms with Gasteiger partial charge in [0.25, 0.3) is 5.91 Å². The second-order valence-electron chi connectivity index (χ2n) is 6.85. The molecule has 0 saturated heterocycles. The Hall–Kier alpha value is -0.920. The number of hydrogen-bond acceptors (Lipinski definition) is 4. The first-order valence-corrected chi connectivity index (χ1v) is 10.6. The molecule has 5 nitrogen and oxygen atoms in total. The normalized spacial score (nSPS) is 22.8. The van der Waals surface area contributed by atoms with Crippen molar-refractivity contribution in [1.82, 2.24) is 4.90 Å². The third-order valence-electron chi connectivity index (χ3n) is 4.88. The van der Waals surface area contributed by atoms with Gasteiger partial charge < -0.3 is 9.64 Å². The van der Waals surface area contributed by atoms with Crippen molar-refractivity contribution in [2.45, 2.75) is 44.2 Å². The number of nitrogens with zero attached hydrogens (tertiary/aromatic N) is 1. The lowest BCUT2D eigenvalue weighted by Gasteiger charge is -2.54. The van der Waals surface area contributed by atoms with Gasteiger partial charge in [0, 0.05) is 35.8 Å². The van der Waals surface area contributed by atoms with Gasteiger partial charge in [0.15, 0.2) is 9.84 Å². The van der Waals surface area contributed by atoms with Gasteiger partial charge in [0.2, 0.25) is 0 Å². The van der Waals surface area contributed by atoms with Crippen LogP contribution in [-0.2, 0) is 14.6 Å². The fourth-order valence-corrected chi connectivity index (χ4v) is 4.30. The molecule has 24 heavy (non-hydrogen) atoms. The Kier molecular flexibility index (Phi) is 5.47. The zero-order valence-corrected chi connectivity index (χ0v) is 17.1. The Morgan fingerprint density at radius 3 is 2.54 bits per heavy atom. The molecule has 1 saturated carbocycles. The van der Waals surface area contributed by atoms with Crippen molar-refractivity contribution in [2.75, 3.05) is 19.9 Å². The van der Waals surface area contributed by atoms with Crippen molar-refractivity contribution in [1.29, 1.82) is 0 Å². The fourth-order valence-electron chi connectivity index (χ4n) is 3.24. The maximum absolute atomic E-state index is 12.9. The van der Waals surface area contributed by atoms with Gasteiger partial charge in [-0.15, -0.1) is 0 Å². The second kappa shape index (κ2) is 6.77. The molecular formula is C17H24BrNO4S. The van der Waals surface area contributed by atoms with E-state index in [0.717, 1.165) is 12.7 Å². The van der Waals surface area contributed by atoms with Crippen LogP contribution in [0.5, 0.6) is 0 Å². The van der Waals surface area contributed by atoms with E-state index in [1.165, 1.54) is 12.1 Å². The van der Waals surface area contributed by atoms with Crippen LogP contribution in [0.1, 0.15) is 37.6 Å². The van der Waals surface area contributed by atoms with Crippen LogP contribution in [-0.4, -0.2) is 51.3 Å². The molecule has 0 spiro atoms. The molecule has 1 aromatic carbocycles. The van der Waals surface area contributed by atoms with Gasteiger partial charge in [-0.3, -0.25) is 4.79 Å². The SMILES string of the molecule is CCO[C@H]1C[C@@H](N(C)C(=O)c2cc(S(C)(=O)=O)ccc2Br)C1(C)C. The van der Waals surface area contributed by atoms with E-state index in [1.807, 2.05) is 6.92 Å². The van der Waals surface area contributed by atoms with E-state index < -0.39 is 9.84 Å². The van der Waals surface area contributed by atoms with Crippen LogP contribution in [0, 0.1) is 5.41 Å². The summed E-state index contributed by atoms with van der Waals surface area (Å²) >= 11 is 3.35. The van der Waals surface area contributed by atoms with Gasteiger partial charge in [0.1, 0.15) is 0 Å². The zero-order valence-electron chi connectivity index (χ0n) is 14.7. The van der Waals surface area contributed by atoms with Crippen molar-refractivity contribution in [2.24, 2.45) is 5.41 Å². The Morgan fingerprint density at radius 1 is 1.42 bits per heavy atom. The molecule has 0 N–H and O–H groups in total. The number of rotatable bonds is 5. The van der Waals surface area contributed by atoms with E-state index >= 15 is 0 Å². The number of sulfone groups is 1. The lowest BCUT2D eigenvalue weighted by molar-refractivity contribution is -0.136. The number of amides is 1. The molecule has 0 radical (unpaired) electrons. The molecule has 0 bridgehead atoms. The summed E-state index contributed by atoms with van der Waals surface area (Å²) in [6, 6.07) is 4.58. The third kappa shape index (κ3) is 3.53. The van der Waals surface area contributed by atoms with Crippen LogP contribution in [0.3, 0.4) is 0 Å². The Labute approximate surface area is 152 Å². The number of halogens is 1. The first-order valence-electron chi connectivity index (χ1n) is 7.88. The topological polar surface area (TPSA) is 63.7 Å². The van der Waals surface area contributed by atoms with E-state index in [0.29, 0.717) is 16.6 Å². The molecule has 0 unspecified atom stereocenters. The quantitative estimate of drug-likeness (QED) is 0.737. The molecular weight excluding hydrogens is 394 g/mol. The van der Waals surface area contributed by atoms with Gasteiger partial charge in [-0.05, 0) is 47.5 Å². The highest BCUT2D eigenvalue weighted by Crippen LogP contribution is 2.45. The summed E-state index contributed by atoms with van der Waals surface area (Å²) in [6.07, 6.45) is 2.05. The summed E-state index contributed by atoms with van der Waals surface area (Å²) in [6.45, 7) is 6.80. The highest BCUT2D eigenvalue weighted by molar-refractivity contribution is 9.10. The van der Waals surface area contributed by atoms with E-state index in [1.54, 1.807) is 18.0 Å². The summed E-state index contributed by atoms with van der Waals surface area (Å²) in [5.74, 6) is -0.194. The Bertz CT molecular complexity index is 745. The smallest absolute Gasteiger partial charge is 0.255 e. The van der Waals surface area contributed by atoms with Crippen LogP contribution in [0.4, 0.5) is 0 Å². The minimum atomic E-state index is -3.36. The van der Waals surface area contributed by atoms with Crippen molar-refractivity contribution < 1.29 is 17.9 Å². The number of ether oxygens (including phenoxy) is 1. The Balaban J connectivity index is 2.27. The monoisotopic (exact) mass is 417 g/mol. The first kappa shape index (κ1) is 19.4. The summed E-state index contributed by atoms with van der Waals surface area (Å²) in [5, 5.41) is 0. The average molecular weight is 418 g/mol. The van der Waals surface area contributed by atoms with Crippen molar-refractivity contribution >= 4 is 31.7 Å². The predicted octanol–water partition coefficient (Wildman–Crippen LogP) is 3.13. The van der Waals surface area contributed by atoms with Crippen molar-refractivity contribution in [3.05, 3.63) is 28.2 Å². The lowest BCUT2D eigenvalue weighted by Crippen LogP contribution is -2.62. The summed E-state index contributed by atoms with van der Waals surface area (Å²) in [5.41, 5.74) is 0.220. The minimum Gasteiger partial charge on any atom is -0.378 e. The van der Waals surface area contributed by atoms with E-state index in [2.05, 4.69) is 29.8 Å².